The van der Waals surface area contributed by atoms with Crippen molar-refractivity contribution in [3.05, 3.63) is 64.7 Å². The van der Waals surface area contributed by atoms with Crippen molar-refractivity contribution in [1.29, 1.82) is 0 Å². The minimum Gasteiger partial charge on any atom is -0.405 e. The number of hydrogen-bond donors (Lipinski definition) is 0. The molecule has 0 radical (unpaired) electrons. The molecular weight excluding hydrogens is 365 g/mol. The second-order valence-corrected chi connectivity index (χ2v) is 5.77. The zero-order valence-electron chi connectivity index (χ0n) is 14.2. The van der Waals surface area contributed by atoms with Gasteiger partial charge >= 0.3 is 12.1 Å². The summed E-state index contributed by atoms with van der Waals surface area (Å²) in [6.45, 7) is -0.452. The number of halogens is 3. The van der Waals surface area contributed by atoms with Gasteiger partial charge in [-0.25, -0.2) is 9.48 Å². The number of likely N-dealkylation sites (N-methyl/N-ethyl adjacent to an activating group) is 1. The third-order valence-electron chi connectivity index (χ3n) is 3.81. The van der Waals surface area contributed by atoms with Gasteiger partial charge in [-0.3, -0.25) is 9.20 Å². The molecule has 0 atom stereocenters. The first-order valence-corrected chi connectivity index (χ1v) is 7.86. The molecule has 2 heterocycles. The van der Waals surface area contributed by atoms with Crippen LogP contribution in [0.15, 0.2) is 53.5 Å². The lowest BCUT2D eigenvalue weighted by Gasteiger charge is -2.19. The Balaban J connectivity index is 1.75. The SMILES string of the molecule is CN(Cc1ccccc1OC(F)(F)F)C(=O)Cn1nc2ccccn2c1=O. The number of nitrogens with zero attached hydrogens (tertiary/aromatic N) is 4. The molecule has 0 spiro atoms. The van der Waals surface area contributed by atoms with Crippen LogP contribution in [0.2, 0.25) is 0 Å². The van der Waals surface area contributed by atoms with Gasteiger partial charge in [0.1, 0.15) is 12.3 Å². The fraction of sp³-hybridized carbons (Fsp3) is 0.235. The summed E-state index contributed by atoms with van der Waals surface area (Å²) in [7, 11) is 1.42. The van der Waals surface area contributed by atoms with Gasteiger partial charge in [-0.2, -0.15) is 0 Å². The van der Waals surface area contributed by atoms with Gasteiger partial charge in [0.25, 0.3) is 0 Å². The number of ether oxygens (including phenoxy) is 1. The van der Waals surface area contributed by atoms with E-state index in [1.54, 1.807) is 24.3 Å². The van der Waals surface area contributed by atoms with Crippen molar-refractivity contribution in [2.24, 2.45) is 0 Å². The summed E-state index contributed by atoms with van der Waals surface area (Å²) in [5.41, 5.74) is 0.100. The smallest absolute Gasteiger partial charge is 0.405 e. The highest BCUT2D eigenvalue weighted by atomic mass is 19.4. The Morgan fingerprint density at radius 3 is 2.59 bits per heavy atom. The number of benzene rings is 1. The summed E-state index contributed by atoms with van der Waals surface area (Å²) in [6, 6.07) is 10.5. The fourth-order valence-corrected chi connectivity index (χ4v) is 2.52. The highest BCUT2D eigenvalue weighted by Crippen LogP contribution is 2.26. The summed E-state index contributed by atoms with van der Waals surface area (Å²) in [6.07, 6.45) is -3.30. The number of carbonyl (C=O) groups excluding carboxylic acids is 1. The minimum absolute atomic E-state index is 0.118. The first-order chi connectivity index (χ1) is 12.7. The molecule has 0 aliphatic carbocycles. The van der Waals surface area contributed by atoms with Crippen LogP contribution in [0.4, 0.5) is 13.2 Å². The van der Waals surface area contributed by atoms with Crippen LogP contribution in [-0.4, -0.2) is 38.4 Å². The number of carbonyl (C=O) groups is 1. The number of fused-ring (bicyclic) bond motifs is 1. The second-order valence-electron chi connectivity index (χ2n) is 5.77. The van der Waals surface area contributed by atoms with Crippen molar-refractivity contribution >= 4 is 11.6 Å². The summed E-state index contributed by atoms with van der Waals surface area (Å²) in [5.74, 6) is -0.864. The standard InChI is InChI=1S/C17H15F3N4O3/c1-22(10-12-6-2-3-7-13(12)27-17(18,19)20)15(25)11-24-16(26)23-9-5-4-8-14(23)21-24/h2-9H,10-11H2,1H3. The van der Waals surface area contributed by atoms with Gasteiger partial charge in [-0.05, 0) is 18.2 Å². The van der Waals surface area contributed by atoms with Gasteiger partial charge in [0.2, 0.25) is 5.91 Å². The summed E-state index contributed by atoms with van der Waals surface area (Å²) >= 11 is 0. The van der Waals surface area contributed by atoms with Gasteiger partial charge in [-0.1, -0.05) is 24.3 Å². The van der Waals surface area contributed by atoms with E-state index in [-0.39, 0.29) is 24.4 Å². The van der Waals surface area contributed by atoms with Crippen LogP contribution in [0, 0.1) is 0 Å². The summed E-state index contributed by atoms with van der Waals surface area (Å²) in [5, 5.41) is 4.05. The molecule has 10 heteroatoms. The number of aromatic nitrogens is 3. The first-order valence-electron chi connectivity index (χ1n) is 7.86. The third-order valence-corrected chi connectivity index (χ3v) is 3.81. The molecule has 3 rings (SSSR count). The highest BCUT2D eigenvalue weighted by molar-refractivity contribution is 5.75. The maximum absolute atomic E-state index is 12.5. The van der Waals surface area contributed by atoms with E-state index < -0.39 is 18.0 Å². The summed E-state index contributed by atoms with van der Waals surface area (Å²) in [4.78, 5) is 25.8. The minimum atomic E-state index is -4.83. The molecule has 0 aliphatic heterocycles. The van der Waals surface area contributed by atoms with E-state index in [1.807, 2.05) is 0 Å². The average molecular weight is 380 g/mol. The largest absolute Gasteiger partial charge is 0.573 e. The first kappa shape index (κ1) is 18.5. The maximum atomic E-state index is 12.5. The number of alkyl halides is 3. The van der Waals surface area contributed by atoms with Crippen molar-refractivity contribution < 1.29 is 22.7 Å². The molecule has 0 saturated carbocycles. The molecule has 27 heavy (non-hydrogen) atoms. The van der Waals surface area contributed by atoms with Crippen LogP contribution in [0.1, 0.15) is 5.56 Å². The van der Waals surface area contributed by atoms with Crippen LogP contribution in [-0.2, 0) is 17.9 Å². The number of amides is 1. The Morgan fingerprint density at radius 1 is 1.19 bits per heavy atom. The number of para-hydroxylation sites is 1. The average Bonchev–Trinajstić information content (AvgIpc) is 2.91. The highest BCUT2D eigenvalue weighted by Gasteiger charge is 2.32. The molecule has 0 unspecified atom stereocenters. The van der Waals surface area contributed by atoms with Gasteiger partial charge in [0.15, 0.2) is 5.65 Å². The van der Waals surface area contributed by atoms with E-state index in [4.69, 9.17) is 0 Å². The molecule has 2 aromatic heterocycles. The van der Waals surface area contributed by atoms with Crippen LogP contribution in [0.5, 0.6) is 5.75 Å². The zero-order chi connectivity index (χ0) is 19.6. The van der Waals surface area contributed by atoms with Gasteiger partial charge in [-0.15, -0.1) is 18.3 Å². The van der Waals surface area contributed by atoms with Crippen LogP contribution in [0.25, 0.3) is 5.65 Å². The Bertz CT molecular complexity index is 1030. The number of hydrogen-bond acceptors (Lipinski definition) is 4. The molecule has 0 bridgehead atoms. The Morgan fingerprint density at radius 2 is 1.89 bits per heavy atom. The topological polar surface area (TPSA) is 68.8 Å². The van der Waals surface area contributed by atoms with E-state index in [0.29, 0.717) is 5.65 Å². The Hall–Kier alpha value is -3.30. The van der Waals surface area contributed by atoms with Crippen molar-refractivity contribution in [3.8, 4) is 5.75 Å². The van der Waals surface area contributed by atoms with Crippen LogP contribution < -0.4 is 10.4 Å². The number of pyridine rings is 1. The monoisotopic (exact) mass is 380 g/mol. The van der Waals surface area contributed by atoms with Gasteiger partial charge < -0.3 is 9.64 Å². The number of rotatable bonds is 5. The van der Waals surface area contributed by atoms with Crippen LogP contribution in [0.3, 0.4) is 0 Å². The lowest BCUT2D eigenvalue weighted by molar-refractivity contribution is -0.275. The molecule has 1 aromatic carbocycles. The zero-order valence-corrected chi connectivity index (χ0v) is 14.2. The fourth-order valence-electron chi connectivity index (χ4n) is 2.52. The maximum Gasteiger partial charge on any atom is 0.573 e. The van der Waals surface area contributed by atoms with E-state index in [0.717, 1.165) is 4.68 Å². The Kier molecular flexibility index (Phi) is 4.89. The molecule has 0 saturated heterocycles. The van der Waals surface area contributed by atoms with Gasteiger partial charge in [0.05, 0.1) is 0 Å². The quantitative estimate of drug-likeness (QED) is 0.680. The molecule has 7 nitrogen and oxygen atoms in total. The molecule has 3 aromatic rings. The normalized spacial score (nSPS) is 11.6. The van der Waals surface area contributed by atoms with Gasteiger partial charge in [0, 0.05) is 25.4 Å². The predicted molar refractivity (Wildman–Crippen MR) is 89.1 cm³/mol. The summed E-state index contributed by atoms with van der Waals surface area (Å²) < 4.78 is 43.8. The molecule has 0 fully saturated rings. The lowest BCUT2D eigenvalue weighted by atomic mass is 10.2. The van der Waals surface area contributed by atoms with E-state index in [1.165, 1.54) is 40.7 Å². The molecule has 1 amide bonds. The van der Waals surface area contributed by atoms with Crippen molar-refractivity contribution in [1.82, 2.24) is 19.1 Å². The molecule has 142 valence electrons. The van der Waals surface area contributed by atoms with Crippen molar-refractivity contribution in [2.45, 2.75) is 19.5 Å². The molecular formula is C17H15F3N4O3. The van der Waals surface area contributed by atoms with E-state index in [9.17, 15) is 22.8 Å². The second kappa shape index (κ2) is 7.14. The van der Waals surface area contributed by atoms with Crippen molar-refractivity contribution in [2.75, 3.05) is 7.05 Å². The van der Waals surface area contributed by atoms with Crippen LogP contribution >= 0.6 is 0 Å². The third kappa shape index (κ3) is 4.27. The molecule has 0 N–H and O–H groups in total. The Labute approximate surface area is 151 Å². The predicted octanol–water partition coefficient (Wildman–Crippen LogP) is 2.05. The van der Waals surface area contributed by atoms with E-state index >= 15 is 0 Å². The van der Waals surface area contributed by atoms with E-state index in [2.05, 4.69) is 9.84 Å². The lowest BCUT2D eigenvalue weighted by Crippen LogP contribution is -2.34. The molecule has 0 aliphatic rings. The van der Waals surface area contributed by atoms with Crippen molar-refractivity contribution in [3.63, 3.8) is 0 Å².